The minimum atomic E-state index is -0.0901. The zero-order chi connectivity index (χ0) is 26.2. The molecule has 36 heavy (non-hydrogen) atoms. The molecule has 3 aromatic rings. The number of ether oxygens (including phenoxy) is 2. The van der Waals surface area contributed by atoms with Crippen molar-refractivity contribution in [3.63, 3.8) is 0 Å². The van der Waals surface area contributed by atoms with Gasteiger partial charge in [0.2, 0.25) is 0 Å². The van der Waals surface area contributed by atoms with Gasteiger partial charge in [0.05, 0.1) is 12.7 Å². The third kappa shape index (κ3) is 7.54. The molecule has 0 heterocycles. The van der Waals surface area contributed by atoms with Crippen LogP contribution in [0.2, 0.25) is 0 Å². The SMILES string of the molecule is COc1ccc(/C=C/C(=O)c2cc(-c3cc(C)cc(C)c3)ccc2OCCN(C)C)c(CN(C)C)c1. The van der Waals surface area contributed by atoms with Crippen LogP contribution in [0, 0.1) is 13.8 Å². The van der Waals surface area contributed by atoms with Crippen LogP contribution < -0.4 is 9.47 Å². The van der Waals surface area contributed by atoms with E-state index in [1.807, 2.05) is 70.7 Å². The monoisotopic (exact) mass is 486 g/mol. The summed E-state index contributed by atoms with van der Waals surface area (Å²) in [5.41, 5.74) is 7.11. The Morgan fingerprint density at radius 2 is 1.58 bits per heavy atom. The van der Waals surface area contributed by atoms with E-state index in [0.29, 0.717) is 17.9 Å². The summed E-state index contributed by atoms with van der Waals surface area (Å²) < 4.78 is 11.4. The van der Waals surface area contributed by atoms with Gasteiger partial charge in [-0.3, -0.25) is 4.79 Å². The fraction of sp³-hybridized carbons (Fsp3) is 0.323. The molecule has 5 nitrogen and oxygen atoms in total. The van der Waals surface area contributed by atoms with Crippen LogP contribution in [0.15, 0.2) is 60.7 Å². The fourth-order valence-corrected chi connectivity index (χ4v) is 4.11. The normalized spacial score (nSPS) is 11.5. The Kier molecular flexibility index (Phi) is 9.45. The Hall–Kier alpha value is -3.41. The molecule has 0 spiro atoms. The van der Waals surface area contributed by atoms with Crippen LogP contribution in [0.3, 0.4) is 0 Å². The van der Waals surface area contributed by atoms with Crippen molar-refractivity contribution >= 4 is 11.9 Å². The van der Waals surface area contributed by atoms with Crippen LogP contribution in [-0.4, -0.2) is 64.0 Å². The molecule has 0 aliphatic carbocycles. The number of allylic oxidation sites excluding steroid dienone is 1. The molecule has 0 bridgehead atoms. The lowest BCUT2D eigenvalue weighted by Crippen LogP contribution is -2.20. The van der Waals surface area contributed by atoms with Gasteiger partial charge in [-0.25, -0.2) is 0 Å². The molecule has 0 aliphatic heterocycles. The van der Waals surface area contributed by atoms with E-state index in [-0.39, 0.29) is 5.78 Å². The van der Waals surface area contributed by atoms with Gasteiger partial charge in [-0.1, -0.05) is 47.5 Å². The highest BCUT2D eigenvalue weighted by atomic mass is 16.5. The summed E-state index contributed by atoms with van der Waals surface area (Å²) in [5.74, 6) is 1.31. The smallest absolute Gasteiger partial charge is 0.189 e. The summed E-state index contributed by atoms with van der Waals surface area (Å²) in [6.45, 7) is 6.19. The first kappa shape index (κ1) is 27.2. The van der Waals surface area contributed by atoms with Crippen molar-refractivity contribution in [3.8, 4) is 22.6 Å². The number of carbonyl (C=O) groups is 1. The van der Waals surface area contributed by atoms with Crippen molar-refractivity contribution in [1.82, 2.24) is 9.80 Å². The van der Waals surface area contributed by atoms with Crippen LogP contribution in [-0.2, 0) is 6.54 Å². The summed E-state index contributed by atoms with van der Waals surface area (Å²) in [6.07, 6.45) is 3.52. The number of carbonyl (C=O) groups excluding carboxylic acids is 1. The second kappa shape index (κ2) is 12.5. The van der Waals surface area contributed by atoms with Crippen LogP contribution >= 0.6 is 0 Å². The number of hydrogen-bond acceptors (Lipinski definition) is 5. The number of rotatable bonds is 11. The maximum atomic E-state index is 13.5. The van der Waals surface area contributed by atoms with Crippen LogP contribution in [0.4, 0.5) is 0 Å². The molecule has 0 saturated heterocycles. The Balaban J connectivity index is 1.98. The standard InChI is InChI=1S/C31H38N2O3/c1-22-16-23(2)18-26(17-22)25-10-13-31(36-15-14-32(3)4)29(20-25)30(34)12-9-24-8-11-28(35-7)19-27(24)21-33(5)6/h8-13,16-20H,14-15,21H2,1-7H3/b12-9+. The minimum absolute atomic E-state index is 0.0901. The van der Waals surface area contributed by atoms with Crippen molar-refractivity contribution in [2.45, 2.75) is 20.4 Å². The molecule has 0 unspecified atom stereocenters. The first-order valence-corrected chi connectivity index (χ1v) is 12.2. The summed E-state index contributed by atoms with van der Waals surface area (Å²) in [7, 11) is 9.71. The van der Waals surface area contributed by atoms with Gasteiger partial charge in [0.15, 0.2) is 5.78 Å². The molecule has 3 aromatic carbocycles. The lowest BCUT2D eigenvalue weighted by Gasteiger charge is -2.15. The molecule has 0 radical (unpaired) electrons. The number of hydrogen-bond donors (Lipinski definition) is 0. The number of ketones is 1. The van der Waals surface area contributed by atoms with E-state index < -0.39 is 0 Å². The molecule has 3 rings (SSSR count). The Morgan fingerprint density at radius 3 is 2.22 bits per heavy atom. The van der Waals surface area contributed by atoms with E-state index >= 15 is 0 Å². The molecule has 0 aromatic heterocycles. The van der Waals surface area contributed by atoms with Crippen molar-refractivity contribution in [1.29, 1.82) is 0 Å². The Morgan fingerprint density at radius 1 is 0.861 bits per heavy atom. The van der Waals surface area contributed by atoms with Crippen LogP contribution in [0.1, 0.15) is 32.6 Å². The number of nitrogens with zero attached hydrogens (tertiary/aromatic N) is 2. The highest BCUT2D eigenvalue weighted by Gasteiger charge is 2.14. The van der Waals surface area contributed by atoms with Gasteiger partial charge in [0.1, 0.15) is 18.1 Å². The van der Waals surface area contributed by atoms with Gasteiger partial charge >= 0.3 is 0 Å². The van der Waals surface area contributed by atoms with Gasteiger partial charge in [0.25, 0.3) is 0 Å². The van der Waals surface area contributed by atoms with E-state index in [1.54, 1.807) is 13.2 Å². The summed E-state index contributed by atoms with van der Waals surface area (Å²) in [4.78, 5) is 17.6. The summed E-state index contributed by atoms with van der Waals surface area (Å²) in [6, 6.07) is 18.2. The predicted molar refractivity (Wildman–Crippen MR) is 149 cm³/mol. The molecular weight excluding hydrogens is 448 g/mol. The van der Waals surface area contributed by atoms with Crippen LogP contribution in [0.5, 0.6) is 11.5 Å². The molecule has 0 N–H and O–H groups in total. The molecule has 0 aliphatic rings. The van der Waals surface area contributed by atoms with E-state index in [0.717, 1.165) is 41.1 Å². The maximum absolute atomic E-state index is 13.5. The molecule has 0 amide bonds. The van der Waals surface area contributed by atoms with E-state index in [4.69, 9.17) is 9.47 Å². The quantitative estimate of drug-likeness (QED) is 0.250. The number of aryl methyl sites for hydroxylation is 2. The van der Waals surface area contributed by atoms with Gasteiger partial charge in [0, 0.05) is 13.1 Å². The lowest BCUT2D eigenvalue weighted by atomic mass is 9.97. The van der Waals surface area contributed by atoms with Crippen molar-refractivity contribution in [3.05, 3.63) is 88.5 Å². The average molecular weight is 487 g/mol. The number of methoxy groups -OCH3 is 1. The highest BCUT2D eigenvalue weighted by Crippen LogP contribution is 2.29. The third-order valence-corrected chi connectivity index (χ3v) is 5.85. The highest BCUT2D eigenvalue weighted by molar-refractivity contribution is 6.09. The zero-order valence-electron chi connectivity index (χ0n) is 22.6. The Labute approximate surface area is 216 Å². The van der Waals surface area contributed by atoms with E-state index in [1.165, 1.54) is 11.1 Å². The first-order valence-electron chi connectivity index (χ1n) is 12.2. The number of likely N-dealkylation sites (N-methyl/N-ethyl adjacent to an activating group) is 1. The minimum Gasteiger partial charge on any atom is -0.497 e. The maximum Gasteiger partial charge on any atom is 0.189 e. The predicted octanol–water partition coefficient (Wildman–Crippen LogP) is 5.88. The second-order valence-corrected chi connectivity index (χ2v) is 9.74. The third-order valence-electron chi connectivity index (χ3n) is 5.85. The van der Waals surface area contributed by atoms with Crippen molar-refractivity contribution in [2.75, 3.05) is 48.5 Å². The zero-order valence-corrected chi connectivity index (χ0v) is 22.6. The molecule has 190 valence electrons. The van der Waals surface area contributed by atoms with E-state index in [2.05, 4.69) is 41.8 Å². The van der Waals surface area contributed by atoms with Gasteiger partial charge in [-0.2, -0.15) is 0 Å². The molecule has 0 atom stereocenters. The lowest BCUT2D eigenvalue weighted by molar-refractivity contribution is 0.104. The first-order chi connectivity index (χ1) is 17.2. The molecule has 5 heteroatoms. The van der Waals surface area contributed by atoms with Gasteiger partial charge in [-0.05, 0) is 94.6 Å². The molecule has 0 fully saturated rings. The topological polar surface area (TPSA) is 42.0 Å². The Bertz CT molecular complexity index is 1210. The van der Waals surface area contributed by atoms with Crippen LogP contribution in [0.25, 0.3) is 17.2 Å². The summed E-state index contributed by atoms with van der Waals surface area (Å²) in [5, 5.41) is 0. The summed E-state index contributed by atoms with van der Waals surface area (Å²) >= 11 is 0. The molecular formula is C31H38N2O3. The average Bonchev–Trinajstić information content (AvgIpc) is 2.82. The van der Waals surface area contributed by atoms with Crippen molar-refractivity contribution in [2.24, 2.45) is 0 Å². The fourth-order valence-electron chi connectivity index (χ4n) is 4.11. The largest absolute Gasteiger partial charge is 0.497 e. The number of benzene rings is 3. The second-order valence-electron chi connectivity index (χ2n) is 9.74. The van der Waals surface area contributed by atoms with Crippen molar-refractivity contribution < 1.29 is 14.3 Å². The van der Waals surface area contributed by atoms with E-state index in [9.17, 15) is 4.79 Å². The van der Waals surface area contributed by atoms with Gasteiger partial charge in [-0.15, -0.1) is 0 Å². The molecule has 0 saturated carbocycles. The van der Waals surface area contributed by atoms with Gasteiger partial charge < -0.3 is 19.3 Å².